The van der Waals surface area contributed by atoms with Crippen molar-refractivity contribution in [2.24, 2.45) is 0 Å². The fourth-order valence-electron chi connectivity index (χ4n) is 1.94. The first-order chi connectivity index (χ1) is 11.0. The van der Waals surface area contributed by atoms with Crippen LogP contribution in [-0.4, -0.2) is 23.5 Å². The van der Waals surface area contributed by atoms with E-state index in [9.17, 15) is 14.7 Å². The van der Waals surface area contributed by atoms with E-state index < -0.39 is 17.9 Å². The number of anilines is 1. The zero-order valence-electron chi connectivity index (χ0n) is 12.5. The molecule has 0 spiro atoms. The van der Waals surface area contributed by atoms with Gasteiger partial charge in [-0.2, -0.15) is 11.3 Å². The number of aliphatic hydroxyl groups is 1. The molecule has 1 heterocycles. The average molecular weight is 353 g/mol. The molecule has 1 atom stereocenters. The van der Waals surface area contributed by atoms with Crippen LogP contribution in [0.3, 0.4) is 0 Å². The quantitative estimate of drug-likeness (QED) is 0.724. The third-order valence-corrected chi connectivity index (χ3v) is 4.22. The molecule has 0 aliphatic rings. The fourth-order valence-corrected chi connectivity index (χ4v) is 2.82. The minimum Gasteiger partial charge on any atom is -0.388 e. The van der Waals surface area contributed by atoms with Crippen molar-refractivity contribution in [2.45, 2.75) is 19.4 Å². The number of thiophene rings is 1. The van der Waals surface area contributed by atoms with Crippen LogP contribution in [0.5, 0.6) is 0 Å². The number of rotatable bonds is 5. The maximum atomic E-state index is 11.9. The van der Waals surface area contributed by atoms with E-state index >= 15 is 0 Å². The Labute approximate surface area is 143 Å². The first-order valence-electron chi connectivity index (χ1n) is 7.03. The molecule has 0 aliphatic heterocycles. The van der Waals surface area contributed by atoms with E-state index in [0.717, 1.165) is 11.1 Å². The molecule has 3 N–H and O–H groups in total. The fraction of sp³-hybridized carbons (Fsp3) is 0.250. The Kier molecular flexibility index (Phi) is 6.15. The van der Waals surface area contributed by atoms with Crippen LogP contribution >= 0.6 is 22.9 Å². The van der Waals surface area contributed by atoms with Gasteiger partial charge in [-0.3, -0.25) is 9.59 Å². The maximum absolute atomic E-state index is 11.9. The second-order valence-electron chi connectivity index (χ2n) is 5.03. The van der Waals surface area contributed by atoms with Crippen LogP contribution in [-0.2, 0) is 9.59 Å². The molecule has 0 aliphatic carbocycles. The highest BCUT2D eigenvalue weighted by Crippen LogP contribution is 2.20. The molecule has 1 aromatic heterocycles. The van der Waals surface area contributed by atoms with Crippen molar-refractivity contribution in [3.63, 3.8) is 0 Å². The third-order valence-electron chi connectivity index (χ3n) is 3.29. The molecular weight excluding hydrogens is 336 g/mol. The first-order valence-corrected chi connectivity index (χ1v) is 8.35. The lowest BCUT2D eigenvalue weighted by Crippen LogP contribution is -2.36. The van der Waals surface area contributed by atoms with Gasteiger partial charge < -0.3 is 15.7 Å². The lowest BCUT2D eigenvalue weighted by atomic mass is 10.1. The van der Waals surface area contributed by atoms with Gasteiger partial charge in [-0.25, -0.2) is 0 Å². The summed E-state index contributed by atoms with van der Waals surface area (Å²) in [6.07, 6.45) is -0.314. The summed E-state index contributed by atoms with van der Waals surface area (Å²) in [4.78, 5) is 23.6. The average Bonchev–Trinajstić information content (AvgIpc) is 3.05. The standard InChI is InChI=1S/C16H17ClN2O3S/c1-10-2-3-12(17)8-13(10)19-16(22)15(21)18-6-4-14(20)11-5-7-23-9-11/h2-3,5,7-9,14,20H,4,6H2,1H3,(H,18,21)(H,19,22). The zero-order valence-corrected chi connectivity index (χ0v) is 14.1. The molecule has 1 aromatic carbocycles. The Hall–Kier alpha value is -1.89. The lowest BCUT2D eigenvalue weighted by molar-refractivity contribution is -0.136. The second kappa shape index (κ2) is 8.10. The zero-order chi connectivity index (χ0) is 16.8. The number of aryl methyl sites for hydroxylation is 1. The summed E-state index contributed by atoms with van der Waals surface area (Å²) >= 11 is 7.36. The van der Waals surface area contributed by atoms with Gasteiger partial charge in [0.15, 0.2) is 0 Å². The molecular formula is C16H17ClN2O3S. The number of benzene rings is 1. The number of amides is 2. The third kappa shape index (κ3) is 5.06. The topological polar surface area (TPSA) is 78.4 Å². The van der Waals surface area contributed by atoms with E-state index in [-0.39, 0.29) is 6.54 Å². The van der Waals surface area contributed by atoms with Crippen LogP contribution in [0.2, 0.25) is 5.02 Å². The molecule has 0 radical (unpaired) electrons. The monoisotopic (exact) mass is 352 g/mol. The molecule has 1 unspecified atom stereocenters. The van der Waals surface area contributed by atoms with Gasteiger partial charge >= 0.3 is 11.8 Å². The van der Waals surface area contributed by atoms with E-state index in [2.05, 4.69) is 10.6 Å². The van der Waals surface area contributed by atoms with Gasteiger partial charge in [-0.1, -0.05) is 17.7 Å². The summed E-state index contributed by atoms with van der Waals surface area (Å²) in [6.45, 7) is 2.01. The van der Waals surface area contributed by atoms with Gasteiger partial charge in [0.05, 0.1) is 6.10 Å². The van der Waals surface area contributed by atoms with Gasteiger partial charge in [0.1, 0.15) is 0 Å². The Morgan fingerprint density at radius 3 is 2.78 bits per heavy atom. The number of halogens is 1. The Bertz CT molecular complexity index is 689. The second-order valence-corrected chi connectivity index (χ2v) is 6.25. The number of hydrogen-bond acceptors (Lipinski definition) is 4. The predicted molar refractivity (Wildman–Crippen MR) is 91.7 cm³/mol. The van der Waals surface area contributed by atoms with Crippen molar-refractivity contribution < 1.29 is 14.7 Å². The van der Waals surface area contributed by atoms with Gasteiger partial charge in [0.25, 0.3) is 0 Å². The lowest BCUT2D eigenvalue weighted by Gasteiger charge is -2.11. The highest BCUT2D eigenvalue weighted by molar-refractivity contribution is 7.07. The summed E-state index contributed by atoms with van der Waals surface area (Å²) in [6, 6.07) is 6.87. The number of carbonyl (C=O) groups excluding carboxylic acids is 2. The van der Waals surface area contributed by atoms with E-state index in [0.29, 0.717) is 17.1 Å². The van der Waals surface area contributed by atoms with Crippen LogP contribution in [0.25, 0.3) is 0 Å². The van der Waals surface area contributed by atoms with Gasteiger partial charge in [0.2, 0.25) is 0 Å². The highest BCUT2D eigenvalue weighted by atomic mass is 35.5. The largest absolute Gasteiger partial charge is 0.388 e. The van der Waals surface area contributed by atoms with E-state index in [4.69, 9.17) is 11.6 Å². The van der Waals surface area contributed by atoms with Gasteiger partial charge in [-0.15, -0.1) is 0 Å². The molecule has 122 valence electrons. The normalized spacial score (nSPS) is 11.8. The van der Waals surface area contributed by atoms with Crippen LogP contribution in [0, 0.1) is 6.92 Å². The molecule has 2 rings (SSSR count). The molecule has 5 nitrogen and oxygen atoms in total. The first kappa shape index (κ1) is 17.5. The van der Waals surface area contributed by atoms with Crippen LogP contribution < -0.4 is 10.6 Å². The van der Waals surface area contributed by atoms with Gasteiger partial charge in [-0.05, 0) is 53.4 Å². The van der Waals surface area contributed by atoms with E-state index in [1.54, 1.807) is 25.1 Å². The Morgan fingerprint density at radius 1 is 1.30 bits per heavy atom. The molecule has 0 saturated heterocycles. The van der Waals surface area contributed by atoms with Crippen LogP contribution in [0.4, 0.5) is 5.69 Å². The minimum atomic E-state index is -0.764. The van der Waals surface area contributed by atoms with Crippen molar-refractivity contribution in [1.82, 2.24) is 5.32 Å². The maximum Gasteiger partial charge on any atom is 0.313 e. The smallest absolute Gasteiger partial charge is 0.313 e. The number of carbonyl (C=O) groups is 2. The van der Waals surface area contributed by atoms with Crippen molar-refractivity contribution in [1.29, 1.82) is 0 Å². The summed E-state index contributed by atoms with van der Waals surface area (Å²) in [5.74, 6) is -1.51. The molecule has 7 heteroatoms. The van der Waals surface area contributed by atoms with E-state index in [1.807, 2.05) is 16.8 Å². The van der Waals surface area contributed by atoms with Gasteiger partial charge in [0, 0.05) is 17.3 Å². The molecule has 0 bridgehead atoms. The van der Waals surface area contributed by atoms with Crippen molar-refractivity contribution >= 4 is 40.4 Å². The van der Waals surface area contributed by atoms with Crippen molar-refractivity contribution in [2.75, 3.05) is 11.9 Å². The number of hydrogen-bond donors (Lipinski definition) is 3. The highest BCUT2D eigenvalue weighted by Gasteiger charge is 2.15. The summed E-state index contributed by atoms with van der Waals surface area (Å²) in [5.41, 5.74) is 2.11. The number of nitrogens with one attached hydrogen (secondary N) is 2. The Morgan fingerprint density at radius 2 is 2.09 bits per heavy atom. The molecule has 0 saturated carbocycles. The summed E-state index contributed by atoms with van der Waals surface area (Å²) in [7, 11) is 0. The van der Waals surface area contributed by atoms with E-state index in [1.165, 1.54) is 11.3 Å². The van der Waals surface area contributed by atoms with Crippen molar-refractivity contribution in [3.8, 4) is 0 Å². The summed E-state index contributed by atoms with van der Waals surface area (Å²) in [5, 5.41) is 19.1. The number of aliphatic hydroxyl groups excluding tert-OH is 1. The predicted octanol–water partition coefficient (Wildman–Crippen LogP) is 2.89. The Balaban J connectivity index is 1.81. The van der Waals surface area contributed by atoms with Crippen molar-refractivity contribution in [3.05, 3.63) is 51.2 Å². The molecule has 2 aromatic rings. The summed E-state index contributed by atoms with van der Waals surface area (Å²) < 4.78 is 0. The molecule has 0 fully saturated rings. The minimum absolute atomic E-state index is 0.206. The van der Waals surface area contributed by atoms with Crippen LogP contribution in [0.1, 0.15) is 23.7 Å². The SMILES string of the molecule is Cc1ccc(Cl)cc1NC(=O)C(=O)NCCC(O)c1ccsc1. The van der Waals surface area contributed by atoms with Crippen LogP contribution in [0.15, 0.2) is 35.0 Å². The molecule has 23 heavy (non-hydrogen) atoms. The molecule has 2 amide bonds.